The molecule has 1 N–H and O–H groups in total. The standard InChI is InChI=1S/C16H22N2O2S/c19-15-7-3-9-18(15)10-4-8-17-16(20)14-11-12-5-1-2-6-13(12)21-14/h11H,1-10H2,(H,17,20). The second-order valence-corrected chi connectivity index (χ2v) is 7.00. The van der Waals surface area contributed by atoms with E-state index in [-0.39, 0.29) is 11.8 Å². The molecule has 0 bridgehead atoms. The van der Waals surface area contributed by atoms with E-state index in [1.807, 2.05) is 4.90 Å². The van der Waals surface area contributed by atoms with Crippen LogP contribution in [-0.2, 0) is 17.6 Å². The maximum absolute atomic E-state index is 12.1. The molecule has 0 atom stereocenters. The van der Waals surface area contributed by atoms with Crippen LogP contribution in [0.25, 0.3) is 0 Å². The maximum Gasteiger partial charge on any atom is 0.261 e. The third-order valence-corrected chi connectivity index (χ3v) is 5.52. The van der Waals surface area contributed by atoms with Crippen LogP contribution in [-0.4, -0.2) is 36.3 Å². The smallest absolute Gasteiger partial charge is 0.261 e. The first-order valence-corrected chi connectivity index (χ1v) is 8.73. The first kappa shape index (κ1) is 14.6. The van der Waals surface area contributed by atoms with Gasteiger partial charge in [-0.2, -0.15) is 0 Å². The molecule has 0 aromatic carbocycles. The molecule has 3 rings (SSSR count). The molecule has 1 aromatic rings. The molecule has 21 heavy (non-hydrogen) atoms. The Morgan fingerprint density at radius 2 is 2.10 bits per heavy atom. The largest absolute Gasteiger partial charge is 0.351 e. The van der Waals surface area contributed by atoms with Crippen LogP contribution in [0.15, 0.2) is 6.07 Å². The molecule has 0 spiro atoms. The number of hydrogen-bond donors (Lipinski definition) is 1. The van der Waals surface area contributed by atoms with E-state index in [1.54, 1.807) is 11.3 Å². The minimum atomic E-state index is 0.0437. The van der Waals surface area contributed by atoms with Crippen LogP contribution in [0.3, 0.4) is 0 Å². The first-order chi connectivity index (χ1) is 10.2. The third-order valence-electron chi connectivity index (χ3n) is 4.28. The van der Waals surface area contributed by atoms with Crippen molar-refractivity contribution in [2.75, 3.05) is 19.6 Å². The summed E-state index contributed by atoms with van der Waals surface area (Å²) in [6, 6.07) is 2.07. The van der Waals surface area contributed by atoms with Crippen molar-refractivity contribution in [1.29, 1.82) is 0 Å². The van der Waals surface area contributed by atoms with Crippen molar-refractivity contribution in [3.8, 4) is 0 Å². The third kappa shape index (κ3) is 3.46. The molecule has 114 valence electrons. The van der Waals surface area contributed by atoms with Crippen molar-refractivity contribution in [2.24, 2.45) is 0 Å². The fraction of sp³-hybridized carbons (Fsp3) is 0.625. The number of fused-ring (bicyclic) bond motifs is 1. The van der Waals surface area contributed by atoms with Crippen molar-refractivity contribution >= 4 is 23.2 Å². The number of nitrogens with one attached hydrogen (secondary N) is 1. The molecule has 0 unspecified atom stereocenters. The molecule has 0 radical (unpaired) electrons. The van der Waals surface area contributed by atoms with Crippen LogP contribution in [0.2, 0.25) is 0 Å². The zero-order valence-corrected chi connectivity index (χ0v) is 13.1. The zero-order valence-electron chi connectivity index (χ0n) is 12.3. The Bertz CT molecular complexity index is 515. The van der Waals surface area contributed by atoms with E-state index in [4.69, 9.17) is 0 Å². The Labute approximate surface area is 129 Å². The number of rotatable bonds is 5. The van der Waals surface area contributed by atoms with E-state index >= 15 is 0 Å². The summed E-state index contributed by atoms with van der Waals surface area (Å²) >= 11 is 1.65. The quantitative estimate of drug-likeness (QED) is 0.849. The second kappa shape index (κ2) is 6.60. The highest BCUT2D eigenvalue weighted by Crippen LogP contribution is 2.29. The average Bonchev–Trinajstić information content (AvgIpc) is 3.09. The van der Waals surface area contributed by atoms with Gasteiger partial charge in [0.2, 0.25) is 5.91 Å². The molecule has 1 saturated heterocycles. The van der Waals surface area contributed by atoms with Gasteiger partial charge in [-0.3, -0.25) is 9.59 Å². The van der Waals surface area contributed by atoms with E-state index in [0.29, 0.717) is 13.0 Å². The first-order valence-electron chi connectivity index (χ1n) is 7.91. The molecule has 1 fully saturated rings. The fourth-order valence-corrected chi connectivity index (χ4v) is 4.27. The molecule has 0 saturated carbocycles. The van der Waals surface area contributed by atoms with Gasteiger partial charge in [0, 0.05) is 30.9 Å². The molecule has 5 heteroatoms. The van der Waals surface area contributed by atoms with Gasteiger partial charge in [-0.15, -0.1) is 11.3 Å². The van der Waals surface area contributed by atoms with Crippen LogP contribution in [0, 0.1) is 0 Å². The number of aryl methyl sites for hydroxylation is 2. The second-order valence-electron chi connectivity index (χ2n) is 5.86. The van der Waals surface area contributed by atoms with E-state index in [0.717, 1.165) is 43.6 Å². The van der Waals surface area contributed by atoms with Crippen LogP contribution >= 0.6 is 11.3 Å². The number of amides is 2. The lowest BCUT2D eigenvalue weighted by Gasteiger charge is -2.15. The van der Waals surface area contributed by atoms with E-state index in [2.05, 4.69) is 11.4 Å². The zero-order chi connectivity index (χ0) is 14.7. The van der Waals surface area contributed by atoms with Gasteiger partial charge in [0.1, 0.15) is 0 Å². The van der Waals surface area contributed by atoms with Crippen LogP contribution in [0.5, 0.6) is 0 Å². The molecule has 4 nitrogen and oxygen atoms in total. The SMILES string of the molecule is O=C(NCCCN1CCCC1=O)c1cc2c(s1)CCCC2. The predicted octanol–water partition coefficient (Wildman–Crippen LogP) is 2.37. The highest BCUT2D eigenvalue weighted by Gasteiger charge is 2.20. The van der Waals surface area contributed by atoms with Gasteiger partial charge in [0.15, 0.2) is 0 Å². The number of carbonyl (C=O) groups excluding carboxylic acids is 2. The summed E-state index contributed by atoms with van der Waals surface area (Å²) in [5.41, 5.74) is 1.37. The maximum atomic E-state index is 12.1. The summed E-state index contributed by atoms with van der Waals surface area (Å²) < 4.78 is 0. The number of hydrogen-bond acceptors (Lipinski definition) is 3. The van der Waals surface area contributed by atoms with Crippen molar-refractivity contribution in [2.45, 2.75) is 44.9 Å². The van der Waals surface area contributed by atoms with E-state index in [1.165, 1.54) is 23.3 Å². The van der Waals surface area contributed by atoms with E-state index in [9.17, 15) is 9.59 Å². The van der Waals surface area contributed by atoms with Crippen LogP contribution in [0.4, 0.5) is 0 Å². The highest BCUT2D eigenvalue weighted by atomic mass is 32.1. The lowest BCUT2D eigenvalue weighted by molar-refractivity contribution is -0.127. The van der Waals surface area contributed by atoms with Crippen molar-refractivity contribution < 1.29 is 9.59 Å². The Morgan fingerprint density at radius 3 is 2.86 bits per heavy atom. The lowest BCUT2D eigenvalue weighted by Crippen LogP contribution is -2.30. The lowest BCUT2D eigenvalue weighted by atomic mass is 9.99. The molecule has 1 aromatic heterocycles. The summed E-state index contributed by atoms with van der Waals surface area (Å²) in [7, 11) is 0. The Morgan fingerprint density at radius 1 is 1.24 bits per heavy atom. The van der Waals surface area contributed by atoms with Crippen LogP contribution < -0.4 is 5.32 Å². The van der Waals surface area contributed by atoms with Crippen molar-refractivity contribution in [1.82, 2.24) is 10.2 Å². The minimum Gasteiger partial charge on any atom is -0.351 e. The predicted molar refractivity (Wildman–Crippen MR) is 83.7 cm³/mol. The molecular formula is C16H22N2O2S. The van der Waals surface area contributed by atoms with Crippen molar-refractivity contribution in [3.63, 3.8) is 0 Å². The van der Waals surface area contributed by atoms with Gasteiger partial charge < -0.3 is 10.2 Å². The van der Waals surface area contributed by atoms with Crippen LogP contribution in [0.1, 0.15) is 52.2 Å². The molecule has 2 amide bonds. The summed E-state index contributed by atoms with van der Waals surface area (Å²) in [5.74, 6) is 0.300. The van der Waals surface area contributed by atoms with Gasteiger partial charge in [-0.05, 0) is 50.2 Å². The van der Waals surface area contributed by atoms with Gasteiger partial charge in [-0.1, -0.05) is 0 Å². The average molecular weight is 306 g/mol. The summed E-state index contributed by atoms with van der Waals surface area (Å²) in [5, 5.41) is 2.98. The summed E-state index contributed by atoms with van der Waals surface area (Å²) in [6.07, 6.45) is 7.25. The molecular weight excluding hydrogens is 284 g/mol. The Kier molecular flexibility index (Phi) is 4.58. The Balaban J connectivity index is 1.43. The molecule has 1 aliphatic heterocycles. The molecule has 2 heterocycles. The molecule has 2 aliphatic rings. The van der Waals surface area contributed by atoms with Gasteiger partial charge in [0.05, 0.1) is 4.88 Å². The van der Waals surface area contributed by atoms with Crippen molar-refractivity contribution in [3.05, 3.63) is 21.4 Å². The van der Waals surface area contributed by atoms with Gasteiger partial charge in [0.25, 0.3) is 5.91 Å². The monoisotopic (exact) mass is 306 g/mol. The normalized spacial score (nSPS) is 17.9. The minimum absolute atomic E-state index is 0.0437. The number of thiophene rings is 1. The summed E-state index contributed by atoms with van der Waals surface area (Å²) in [6.45, 7) is 2.29. The highest BCUT2D eigenvalue weighted by molar-refractivity contribution is 7.14. The number of carbonyl (C=O) groups is 2. The number of nitrogens with zero attached hydrogens (tertiary/aromatic N) is 1. The fourth-order valence-electron chi connectivity index (χ4n) is 3.10. The van der Waals surface area contributed by atoms with Gasteiger partial charge in [-0.25, -0.2) is 0 Å². The number of likely N-dealkylation sites (tertiary alicyclic amines) is 1. The topological polar surface area (TPSA) is 49.4 Å². The summed E-state index contributed by atoms with van der Waals surface area (Å²) in [4.78, 5) is 27.8. The van der Waals surface area contributed by atoms with Gasteiger partial charge >= 0.3 is 0 Å². The Hall–Kier alpha value is -1.36. The van der Waals surface area contributed by atoms with E-state index < -0.39 is 0 Å². The molecule has 1 aliphatic carbocycles.